The summed E-state index contributed by atoms with van der Waals surface area (Å²) in [7, 11) is 0. The maximum atomic E-state index is 13.5. The molecule has 3 aromatic carbocycles. The van der Waals surface area contributed by atoms with Crippen LogP contribution in [0.4, 0.5) is 0 Å². The van der Waals surface area contributed by atoms with E-state index >= 15 is 0 Å². The number of furan rings is 1. The lowest BCUT2D eigenvalue weighted by Crippen LogP contribution is -2.31. The topological polar surface area (TPSA) is 107 Å². The number of carbonyl (C=O) groups excluding carboxylic acids is 1. The van der Waals surface area contributed by atoms with Crippen molar-refractivity contribution in [2.75, 3.05) is 0 Å². The van der Waals surface area contributed by atoms with Crippen molar-refractivity contribution in [3.05, 3.63) is 136 Å². The lowest BCUT2D eigenvalue weighted by Gasteiger charge is -2.18. The largest absolute Gasteiger partial charge is 0.460 e. The van der Waals surface area contributed by atoms with Gasteiger partial charge in [-0.15, -0.1) is 0 Å². The molecule has 8 heteroatoms. The van der Waals surface area contributed by atoms with Gasteiger partial charge in [0.2, 0.25) is 0 Å². The normalized spacial score (nSPS) is 12.4. The first kappa shape index (κ1) is 27.9. The molecule has 0 aliphatic rings. The molecule has 0 saturated heterocycles. The van der Waals surface area contributed by atoms with E-state index in [9.17, 15) is 4.79 Å². The zero-order valence-corrected chi connectivity index (χ0v) is 23.6. The highest BCUT2D eigenvalue weighted by molar-refractivity contribution is 6.34. The molecule has 1 unspecified atom stereocenters. The van der Waals surface area contributed by atoms with Crippen LogP contribution < -0.4 is 10.6 Å². The van der Waals surface area contributed by atoms with E-state index in [-0.39, 0.29) is 11.9 Å². The maximum Gasteiger partial charge on any atom is 0.253 e. The quantitative estimate of drug-likeness (QED) is 0.168. The average Bonchev–Trinajstić information content (AvgIpc) is 3.70. The fourth-order valence-electron chi connectivity index (χ4n) is 4.58. The number of amides is 1. The van der Waals surface area contributed by atoms with Gasteiger partial charge in [0, 0.05) is 24.0 Å². The summed E-state index contributed by atoms with van der Waals surface area (Å²) in [5.74, 6) is 1.74. The van der Waals surface area contributed by atoms with E-state index in [2.05, 4.69) is 64.8 Å². The minimum absolute atomic E-state index is 0.168. The number of H-pyrrole nitrogens is 1. The second kappa shape index (κ2) is 12.7. The maximum absolute atomic E-state index is 13.5. The molecule has 5 aromatic rings. The van der Waals surface area contributed by atoms with Crippen molar-refractivity contribution >= 4 is 17.5 Å². The molecule has 0 aliphatic heterocycles. The van der Waals surface area contributed by atoms with Crippen molar-refractivity contribution in [3.63, 3.8) is 0 Å². The van der Waals surface area contributed by atoms with Gasteiger partial charge in [-0.2, -0.15) is 5.26 Å². The van der Waals surface area contributed by atoms with Gasteiger partial charge in [0.05, 0.1) is 34.8 Å². The Hall–Kier alpha value is -4.64. The van der Waals surface area contributed by atoms with Gasteiger partial charge in [0.15, 0.2) is 0 Å². The highest BCUT2D eigenvalue weighted by atomic mass is 35.5. The summed E-state index contributed by atoms with van der Waals surface area (Å²) in [4.78, 5) is 20.9. The van der Waals surface area contributed by atoms with Gasteiger partial charge in [-0.1, -0.05) is 53.6 Å². The fraction of sp³-hybridized carbons (Fsp3) is 0.182. The Morgan fingerprint density at radius 3 is 2.56 bits per heavy atom. The van der Waals surface area contributed by atoms with E-state index in [4.69, 9.17) is 21.3 Å². The smallest absolute Gasteiger partial charge is 0.253 e. The number of aryl methyl sites for hydroxylation is 1. The van der Waals surface area contributed by atoms with Crippen molar-refractivity contribution in [1.82, 2.24) is 20.6 Å². The number of nitriles is 1. The van der Waals surface area contributed by atoms with Crippen LogP contribution in [0.25, 0.3) is 11.3 Å². The first-order chi connectivity index (χ1) is 19.9. The van der Waals surface area contributed by atoms with E-state index in [1.54, 1.807) is 36.7 Å². The molecule has 2 aromatic heterocycles. The van der Waals surface area contributed by atoms with Gasteiger partial charge in [-0.3, -0.25) is 4.79 Å². The summed E-state index contributed by atoms with van der Waals surface area (Å²) in [5, 5.41) is 16.0. The third-order valence-corrected chi connectivity index (χ3v) is 7.32. The summed E-state index contributed by atoms with van der Waals surface area (Å²) in [6.07, 6.45) is 3.84. The first-order valence-electron chi connectivity index (χ1n) is 13.4. The lowest BCUT2D eigenvalue weighted by atomic mass is 10.0. The number of nitrogens with one attached hydrogen (secondary N) is 3. The number of aromatic nitrogens is 2. The molecule has 2 atom stereocenters. The molecule has 0 fully saturated rings. The van der Waals surface area contributed by atoms with Gasteiger partial charge in [0.25, 0.3) is 5.91 Å². The van der Waals surface area contributed by atoms with Crippen molar-refractivity contribution in [3.8, 4) is 17.4 Å². The molecule has 7 nitrogen and oxygen atoms in total. The SMILES string of the molecule is Cc1ccc([C@H](C)NCc2ccc(-c3ccc(Cl)c(C(=O)NC(Cc4ccc(C#N)cc4)c4ncc[nH]4)c3)o2)cc1. The van der Waals surface area contributed by atoms with Crippen LogP contribution in [-0.2, 0) is 13.0 Å². The van der Waals surface area contributed by atoms with Crippen molar-refractivity contribution in [2.24, 2.45) is 0 Å². The molecule has 2 heterocycles. The van der Waals surface area contributed by atoms with Crippen LogP contribution in [0.15, 0.2) is 95.7 Å². The van der Waals surface area contributed by atoms with Gasteiger partial charge in [-0.05, 0) is 73.9 Å². The highest BCUT2D eigenvalue weighted by Crippen LogP contribution is 2.28. The molecular formula is C33H30ClN5O2. The molecule has 0 radical (unpaired) electrons. The number of halogens is 1. The zero-order chi connectivity index (χ0) is 28.8. The Morgan fingerprint density at radius 2 is 1.85 bits per heavy atom. The van der Waals surface area contributed by atoms with Crippen molar-refractivity contribution < 1.29 is 9.21 Å². The minimum Gasteiger partial charge on any atom is -0.460 e. The number of nitrogens with zero attached hydrogens (tertiary/aromatic N) is 2. The van der Waals surface area contributed by atoms with Crippen LogP contribution in [0.2, 0.25) is 5.02 Å². The van der Waals surface area contributed by atoms with Gasteiger partial charge >= 0.3 is 0 Å². The average molecular weight is 564 g/mol. The van der Waals surface area contributed by atoms with E-state index < -0.39 is 6.04 Å². The summed E-state index contributed by atoms with van der Waals surface area (Å²) < 4.78 is 6.11. The van der Waals surface area contributed by atoms with Gasteiger partial charge in [-0.25, -0.2) is 4.98 Å². The molecule has 0 bridgehead atoms. The monoisotopic (exact) mass is 563 g/mol. The number of carbonyl (C=O) groups is 1. The predicted octanol–water partition coefficient (Wildman–Crippen LogP) is 7.07. The van der Waals surface area contributed by atoms with Crippen LogP contribution in [0.1, 0.15) is 63.2 Å². The van der Waals surface area contributed by atoms with Crippen LogP contribution in [0.5, 0.6) is 0 Å². The number of hydrogen-bond acceptors (Lipinski definition) is 5. The Morgan fingerprint density at radius 1 is 1.07 bits per heavy atom. The van der Waals surface area contributed by atoms with Crippen LogP contribution >= 0.6 is 11.6 Å². The predicted molar refractivity (Wildman–Crippen MR) is 159 cm³/mol. The number of benzene rings is 3. The second-order valence-electron chi connectivity index (χ2n) is 9.99. The molecule has 206 valence electrons. The van der Waals surface area contributed by atoms with Crippen LogP contribution in [-0.4, -0.2) is 15.9 Å². The molecule has 1 amide bonds. The molecule has 3 N–H and O–H groups in total. The summed E-state index contributed by atoms with van der Waals surface area (Å²) in [6.45, 7) is 4.76. The van der Waals surface area contributed by atoms with E-state index in [0.29, 0.717) is 40.7 Å². The summed E-state index contributed by atoms with van der Waals surface area (Å²) >= 11 is 6.48. The van der Waals surface area contributed by atoms with E-state index in [1.807, 2.05) is 30.3 Å². The van der Waals surface area contributed by atoms with Gasteiger partial charge < -0.3 is 20.0 Å². The van der Waals surface area contributed by atoms with Crippen LogP contribution in [0, 0.1) is 18.3 Å². The Labute approximate surface area is 244 Å². The van der Waals surface area contributed by atoms with E-state index in [0.717, 1.165) is 16.9 Å². The second-order valence-corrected chi connectivity index (χ2v) is 10.4. The third-order valence-electron chi connectivity index (χ3n) is 6.99. The molecule has 41 heavy (non-hydrogen) atoms. The lowest BCUT2D eigenvalue weighted by molar-refractivity contribution is 0.0935. The fourth-order valence-corrected chi connectivity index (χ4v) is 4.78. The number of aromatic amines is 1. The van der Waals surface area contributed by atoms with Crippen LogP contribution in [0.3, 0.4) is 0 Å². The van der Waals surface area contributed by atoms with Crippen molar-refractivity contribution in [1.29, 1.82) is 5.26 Å². The van der Waals surface area contributed by atoms with E-state index in [1.165, 1.54) is 11.1 Å². The number of imidazole rings is 1. The summed E-state index contributed by atoms with van der Waals surface area (Å²) in [6, 6.07) is 26.7. The highest BCUT2D eigenvalue weighted by Gasteiger charge is 2.21. The Bertz CT molecular complexity index is 1650. The molecule has 0 saturated carbocycles. The van der Waals surface area contributed by atoms with Crippen molar-refractivity contribution in [2.45, 2.75) is 38.9 Å². The first-order valence-corrected chi connectivity index (χ1v) is 13.7. The molecule has 5 rings (SSSR count). The zero-order valence-electron chi connectivity index (χ0n) is 22.8. The van der Waals surface area contributed by atoms with Gasteiger partial charge in [0.1, 0.15) is 17.3 Å². The molecule has 0 spiro atoms. The molecular weight excluding hydrogens is 534 g/mol. The summed E-state index contributed by atoms with van der Waals surface area (Å²) in [5.41, 5.74) is 5.06. The number of rotatable bonds is 10. The Balaban J connectivity index is 1.29. The number of hydrogen-bond donors (Lipinski definition) is 3. The standard InChI is InChI=1S/C33H30ClN5O2/c1-21-3-9-25(10-4-21)22(2)38-20-27-12-14-31(41-27)26-11-13-29(34)28(18-26)33(40)39-30(32-36-15-16-37-32)17-23-5-7-24(19-35)8-6-23/h3-16,18,22,30,38H,17,20H2,1-2H3,(H,36,37)(H,39,40)/t22-,30?/m0/s1. The Kier molecular flexibility index (Phi) is 8.64. The minimum atomic E-state index is -0.429. The molecule has 0 aliphatic carbocycles. The third kappa shape index (κ3) is 6.93.